The largest absolute Gasteiger partial charge is 0.481 e. The van der Waals surface area contributed by atoms with Gasteiger partial charge in [-0.15, -0.1) is 0 Å². The van der Waals surface area contributed by atoms with E-state index in [1.165, 1.54) is 0 Å². The molecule has 5 heteroatoms. The highest BCUT2D eigenvalue weighted by atomic mass is 16.4. The van der Waals surface area contributed by atoms with E-state index in [2.05, 4.69) is 24.5 Å². The molecule has 0 aromatic carbocycles. The van der Waals surface area contributed by atoms with Crippen molar-refractivity contribution in [2.45, 2.75) is 52.0 Å². The van der Waals surface area contributed by atoms with Crippen LogP contribution in [0.4, 0.5) is 0 Å². The molecular weight excluding hydrogens is 244 g/mol. The molecule has 0 aromatic heterocycles. The highest BCUT2D eigenvalue weighted by molar-refractivity contribution is 5.81. The molecule has 19 heavy (non-hydrogen) atoms. The maximum absolute atomic E-state index is 11.8. The Morgan fingerprint density at radius 3 is 2.63 bits per heavy atom. The summed E-state index contributed by atoms with van der Waals surface area (Å²) in [7, 11) is 0. The number of carboxylic acids is 1. The Balaban J connectivity index is 2.23. The predicted octanol–water partition coefficient (Wildman–Crippen LogP) is 1.38. The van der Waals surface area contributed by atoms with Crippen molar-refractivity contribution in [1.82, 2.24) is 10.6 Å². The van der Waals surface area contributed by atoms with Crippen LogP contribution in [0.2, 0.25) is 0 Å². The van der Waals surface area contributed by atoms with Gasteiger partial charge in [-0.1, -0.05) is 13.8 Å². The lowest BCUT2D eigenvalue weighted by atomic mass is 9.88. The highest BCUT2D eigenvalue weighted by Crippen LogP contribution is 2.20. The van der Waals surface area contributed by atoms with Crippen LogP contribution in [0.5, 0.6) is 0 Å². The number of aliphatic carboxylic acids is 1. The molecule has 2 atom stereocenters. The second-order valence-electron chi connectivity index (χ2n) is 5.67. The molecule has 0 aromatic rings. The zero-order valence-corrected chi connectivity index (χ0v) is 11.9. The maximum Gasteiger partial charge on any atom is 0.303 e. The van der Waals surface area contributed by atoms with Crippen LogP contribution in [0, 0.1) is 11.8 Å². The predicted molar refractivity (Wildman–Crippen MR) is 73.8 cm³/mol. The van der Waals surface area contributed by atoms with Crippen LogP contribution in [-0.4, -0.2) is 36.1 Å². The van der Waals surface area contributed by atoms with Gasteiger partial charge in [-0.05, 0) is 44.1 Å². The van der Waals surface area contributed by atoms with E-state index in [0.29, 0.717) is 24.8 Å². The molecule has 3 N–H and O–H groups in total. The number of carboxylic acid groups (broad SMARTS) is 1. The van der Waals surface area contributed by atoms with E-state index in [-0.39, 0.29) is 18.4 Å². The Hall–Kier alpha value is -1.10. The van der Waals surface area contributed by atoms with E-state index < -0.39 is 5.97 Å². The lowest BCUT2D eigenvalue weighted by molar-refractivity contribution is -0.137. The molecule has 0 aliphatic carbocycles. The van der Waals surface area contributed by atoms with Crippen LogP contribution in [0.1, 0.15) is 46.0 Å². The SMILES string of the molecule is CC(C)C(CCNC(=O)[C@H]1CCCN1)CCC(=O)O. The third kappa shape index (κ3) is 6.05. The number of amides is 1. The average Bonchev–Trinajstić information content (AvgIpc) is 2.86. The van der Waals surface area contributed by atoms with Gasteiger partial charge in [-0.2, -0.15) is 0 Å². The number of carbonyl (C=O) groups excluding carboxylic acids is 1. The Bertz CT molecular complexity index is 299. The normalized spacial score (nSPS) is 20.5. The number of hydrogen-bond donors (Lipinski definition) is 3. The minimum absolute atomic E-state index is 0.0310. The van der Waals surface area contributed by atoms with Crippen molar-refractivity contribution in [3.8, 4) is 0 Å². The van der Waals surface area contributed by atoms with E-state index in [9.17, 15) is 9.59 Å². The van der Waals surface area contributed by atoms with Gasteiger partial charge in [0, 0.05) is 13.0 Å². The van der Waals surface area contributed by atoms with Crippen LogP contribution in [0.25, 0.3) is 0 Å². The first kappa shape index (κ1) is 16.0. The number of hydrogen-bond acceptors (Lipinski definition) is 3. The molecular formula is C14H26N2O3. The second-order valence-corrected chi connectivity index (χ2v) is 5.67. The summed E-state index contributed by atoms with van der Waals surface area (Å²) in [6, 6.07) is -0.0310. The first-order valence-corrected chi connectivity index (χ1v) is 7.23. The summed E-state index contributed by atoms with van der Waals surface area (Å²) < 4.78 is 0. The average molecular weight is 270 g/mol. The van der Waals surface area contributed by atoms with Crippen LogP contribution in [0.3, 0.4) is 0 Å². The van der Waals surface area contributed by atoms with E-state index >= 15 is 0 Å². The molecule has 0 spiro atoms. The molecule has 1 aliphatic rings. The van der Waals surface area contributed by atoms with Gasteiger partial charge >= 0.3 is 5.97 Å². The van der Waals surface area contributed by atoms with E-state index in [1.807, 2.05) is 0 Å². The van der Waals surface area contributed by atoms with Gasteiger partial charge in [0.15, 0.2) is 0 Å². The minimum Gasteiger partial charge on any atom is -0.481 e. The topological polar surface area (TPSA) is 78.4 Å². The van der Waals surface area contributed by atoms with Gasteiger partial charge in [0.25, 0.3) is 0 Å². The van der Waals surface area contributed by atoms with E-state index in [1.54, 1.807) is 0 Å². The molecule has 5 nitrogen and oxygen atoms in total. The first-order chi connectivity index (χ1) is 9.00. The second kappa shape index (κ2) is 8.15. The maximum atomic E-state index is 11.8. The number of carbonyl (C=O) groups is 2. The molecule has 1 rings (SSSR count). The summed E-state index contributed by atoms with van der Waals surface area (Å²) in [5, 5.41) is 14.8. The number of nitrogens with one attached hydrogen (secondary N) is 2. The van der Waals surface area contributed by atoms with Gasteiger partial charge < -0.3 is 15.7 Å². The Morgan fingerprint density at radius 2 is 2.11 bits per heavy atom. The molecule has 1 amide bonds. The van der Waals surface area contributed by atoms with Crippen LogP contribution >= 0.6 is 0 Å². The van der Waals surface area contributed by atoms with Gasteiger partial charge in [0.05, 0.1) is 6.04 Å². The molecule has 1 aliphatic heterocycles. The molecule has 1 unspecified atom stereocenters. The molecule has 0 radical (unpaired) electrons. The number of rotatable bonds is 8. The van der Waals surface area contributed by atoms with Crippen molar-refractivity contribution in [3.05, 3.63) is 0 Å². The summed E-state index contributed by atoms with van der Waals surface area (Å²) in [6.07, 6.45) is 3.72. The van der Waals surface area contributed by atoms with Crippen molar-refractivity contribution in [2.75, 3.05) is 13.1 Å². The summed E-state index contributed by atoms with van der Waals surface area (Å²) >= 11 is 0. The van der Waals surface area contributed by atoms with Gasteiger partial charge in [-0.3, -0.25) is 9.59 Å². The summed E-state index contributed by atoms with van der Waals surface area (Å²) in [5.74, 6) is 0.136. The quantitative estimate of drug-likeness (QED) is 0.622. The van der Waals surface area contributed by atoms with Crippen molar-refractivity contribution in [2.24, 2.45) is 11.8 Å². The molecule has 0 saturated carbocycles. The molecule has 1 heterocycles. The fourth-order valence-corrected chi connectivity index (χ4v) is 2.53. The lowest BCUT2D eigenvalue weighted by Crippen LogP contribution is -2.41. The Morgan fingerprint density at radius 1 is 1.37 bits per heavy atom. The molecule has 1 saturated heterocycles. The minimum atomic E-state index is -0.746. The van der Waals surface area contributed by atoms with E-state index in [0.717, 1.165) is 25.8 Å². The van der Waals surface area contributed by atoms with Crippen molar-refractivity contribution < 1.29 is 14.7 Å². The van der Waals surface area contributed by atoms with Crippen LogP contribution in [0.15, 0.2) is 0 Å². The summed E-state index contributed by atoms with van der Waals surface area (Å²) in [4.78, 5) is 22.4. The van der Waals surface area contributed by atoms with Crippen molar-refractivity contribution in [1.29, 1.82) is 0 Å². The van der Waals surface area contributed by atoms with Gasteiger partial charge in [0.2, 0.25) is 5.91 Å². The monoisotopic (exact) mass is 270 g/mol. The summed E-state index contributed by atoms with van der Waals surface area (Å²) in [6.45, 7) is 5.77. The fraction of sp³-hybridized carbons (Fsp3) is 0.857. The smallest absolute Gasteiger partial charge is 0.303 e. The van der Waals surface area contributed by atoms with Gasteiger partial charge in [0.1, 0.15) is 0 Å². The first-order valence-electron chi connectivity index (χ1n) is 7.23. The molecule has 110 valence electrons. The Labute approximate surface area is 115 Å². The van der Waals surface area contributed by atoms with E-state index in [4.69, 9.17) is 5.11 Å². The Kier molecular flexibility index (Phi) is 6.84. The fourth-order valence-electron chi connectivity index (χ4n) is 2.53. The zero-order valence-electron chi connectivity index (χ0n) is 11.9. The lowest BCUT2D eigenvalue weighted by Gasteiger charge is -2.20. The van der Waals surface area contributed by atoms with Crippen LogP contribution < -0.4 is 10.6 Å². The third-order valence-corrected chi connectivity index (χ3v) is 3.86. The molecule has 1 fully saturated rings. The zero-order chi connectivity index (χ0) is 14.3. The highest BCUT2D eigenvalue weighted by Gasteiger charge is 2.22. The standard InChI is InChI=1S/C14H26N2O3/c1-10(2)11(5-6-13(17)18)7-9-16-14(19)12-4-3-8-15-12/h10-12,15H,3-9H2,1-2H3,(H,16,19)(H,17,18)/t11?,12-/m1/s1. The van der Waals surface area contributed by atoms with Crippen LogP contribution in [-0.2, 0) is 9.59 Å². The van der Waals surface area contributed by atoms with Crippen molar-refractivity contribution >= 4 is 11.9 Å². The van der Waals surface area contributed by atoms with Gasteiger partial charge in [-0.25, -0.2) is 0 Å². The molecule has 0 bridgehead atoms. The third-order valence-electron chi connectivity index (χ3n) is 3.86. The summed E-state index contributed by atoms with van der Waals surface area (Å²) in [5.41, 5.74) is 0. The van der Waals surface area contributed by atoms with Crippen molar-refractivity contribution in [3.63, 3.8) is 0 Å².